The maximum atomic E-state index is 13.4. The van der Waals surface area contributed by atoms with Crippen LogP contribution in [0.1, 0.15) is 24.0 Å². The Morgan fingerprint density at radius 2 is 0.865 bits per heavy atom. The molecule has 0 radical (unpaired) electrons. The van der Waals surface area contributed by atoms with Crippen molar-refractivity contribution in [3.05, 3.63) is 71.8 Å². The van der Waals surface area contributed by atoms with Crippen molar-refractivity contribution in [3.8, 4) is 11.1 Å². The van der Waals surface area contributed by atoms with E-state index in [1.165, 1.54) is 9.80 Å². The number of anilines is 2. The van der Waals surface area contributed by atoms with Crippen LogP contribution in [0.2, 0.25) is 0 Å². The normalized spacial score (nSPS) is 37.3. The summed E-state index contributed by atoms with van der Waals surface area (Å²) in [6.45, 7) is 0. The van der Waals surface area contributed by atoms with Crippen LogP contribution in [0.5, 0.6) is 0 Å². The van der Waals surface area contributed by atoms with E-state index >= 15 is 0 Å². The molecule has 2 heterocycles. The molecule has 4 amide bonds. The summed E-state index contributed by atoms with van der Waals surface area (Å²) < 4.78 is 0. The highest BCUT2D eigenvalue weighted by Gasteiger charge is 2.60. The van der Waals surface area contributed by atoms with Gasteiger partial charge in [0.25, 0.3) is 0 Å². The summed E-state index contributed by atoms with van der Waals surface area (Å²) >= 11 is 0. The summed E-state index contributed by atoms with van der Waals surface area (Å²) in [5.41, 5.74) is 5.41. The smallest absolute Gasteiger partial charge is 0.238 e. The molecule has 8 atom stereocenters. The van der Waals surface area contributed by atoms with Gasteiger partial charge in [-0.15, -0.1) is 0 Å². The van der Waals surface area contributed by atoms with Crippen LogP contribution < -0.4 is 9.80 Å². The second-order valence-electron chi connectivity index (χ2n) is 11.9. The number of amides is 4. The van der Waals surface area contributed by atoms with Crippen molar-refractivity contribution < 1.29 is 19.2 Å². The molecule has 9 rings (SSSR count). The SMILES string of the molecule is O=C1[C@@H]2[C@@H](C(=O)N1c1ccc3c(c1)-c1cc(N4C(=O)[C@@H]5[C@H](C4=O)[C@H]4C=C[C@H]5C4)ccc1C3)[C@H]1C=C[C@H]2C1. The predicted molar refractivity (Wildman–Crippen MR) is 135 cm³/mol. The third kappa shape index (κ3) is 2.33. The van der Waals surface area contributed by atoms with E-state index in [4.69, 9.17) is 0 Å². The molecule has 182 valence electrons. The Labute approximate surface area is 213 Å². The molecule has 0 unspecified atom stereocenters. The van der Waals surface area contributed by atoms with Gasteiger partial charge >= 0.3 is 0 Å². The molecule has 2 saturated carbocycles. The van der Waals surface area contributed by atoms with Crippen molar-refractivity contribution >= 4 is 35.0 Å². The summed E-state index contributed by atoms with van der Waals surface area (Å²) in [4.78, 5) is 56.3. The highest BCUT2D eigenvalue weighted by Crippen LogP contribution is 2.55. The van der Waals surface area contributed by atoms with Crippen LogP contribution in [0.4, 0.5) is 11.4 Å². The van der Waals surface area contributed by atoms with Gasteiger partial charge in [-0.3, -0.25) is 19.2 Å². The molecule has 4 fully saturated rings. The lowest BCUT2D eigenvalue weighted by atomic mass is 9.85. The molecule has 2 aromatic carbocycles. The first-order valence-electron chi connectivity index (χ1n) is 13.4. The van der Waals surface area contributed by atoms with E-state index in [0.29, 0.717) is 11.4 Å². The molecule has 6 heteroatoms. The first kappa shape index (κ1) is 20.3. The number of imide groups is 2. The summed E-state index contributed by atoms with van der Waals surface area (Å²) in [5.74, 6) is -0.546. The predicted octanol–water partition coefficient (Wildman–Crippen LogP) is 3.88. The Kier molecular flexibility index (Phi) is 3.59. The van der Waals surface area contributed by atoms with Gasteiger partial charge in [0.1, 0.15) is 0 Å². The number of hydrogen-bond donors (Lipinski definition) is 0. The van der Waals surface area contributed by atoms with Gasteiger partial charge in [0, 0.05) is 0 Å². The largest absolute Gasteiger partial charge is 0.274 e. The molecule has 37 heavy (non-hydrogen) atoms. The zero-order valence-corrected chi connectivity index (χ0v) is 20.0. The van der Waals surface area contributed by atoms with Crippen LogP contribution in [0.3, 0.4) is 0 Å². The molecular formula is C31H24N2O4. The minimum Gasteiger partial charge on any atom is -0.274 e. The van der Waals surface area contributed by atoms with Crippen LogP contribution in [-0.2, 0) is 25.6 Å². The van der Waals surface area contributed by atoms with Crippen molar-refractivity contribution in [2.45, 2.75) is 19.3 Å². The van der Waals surface area contributed by atoms with E-state index in [9.17, 15) is 19.2 Å². The Morgan fingerprint density at radius 3 is 1.22 bits per heavy atom. The lowest BCUT2D eigenvalue weighted by molar-refractivity contribution is -0.124. The summed E-state index contributed by atoms with van der Waals surface area (Å²) in [6, 6.07) is 11.7. The van der Waals surface area contributed by atoms with E-state index < -0.39 is 0 Å². The van der Waals surface area contributed by atoms with Crippen molar-refractivity contribution in [1.29, 1.82) is 0 Å². The summed E-state index contributed by atoms with van der Waals surface area (Å²) in [7, 11) is 0. The summed E-state index contributed by atoms with van der Waals surface area (Å²) in [5, 5.41) is 0. The molecule has 2 aromatic rings. The summed E-state index contributed by atoms with van der Waals surface area (Å²) in [6.07, 6.45) is 11.0. The van der Waals surface area contributed by atoms with Gasteiger partial charge < -0.3 is 0 Å². The quantitative estimate of drug-likeness (QED) is 0.405. The van der Waals surface area contributed by atoms with Crippen LogP contribution in [0.15, 0.2) is 60.7 Å². The molecule has 5 aliphatic carbocycles. The number of carbonyl (C=O) groups excluding carboxylic acids is 4. The molecule has 6 nitrogen and oxygen atoms in total. The Balaban J connectivity index is 1.08. The lowest BCUT2D eigenvalue weighted by Crippen LogP contribution is -2.33. The first-order valence-corrected chi connectivity index (χ1v) is 13.4. The molecule has 7 aliphatic rings. The maximum absolute atomic E-state index is 13.4. The number of hydrogen-bond acceptors (Lipinski definition) is 4. The van der Waals surface area contributed by atoms with Gasteiger partial charge in [-0.2, -0.15) is 0 Å². The molecular weight excluding hydrogens is 464 g/mol. The lowest BCUT2D eigenvalue weighted by Gasteiger charge is -2.19. The van der Waals surface area contributed by atoms with E-state index in [1.54, 1.807) is 0 Å². The molecule has 0 N–H and O–H groups in total. The maximum Gasteiger partial charge on any atom is 0.238 e. The second kappa shape index (κ2) is 6.55. The van der Waals surface area contributed by atoms with Gasteiger partial charge in [0.05, 0.1) is 35.0 Å². The fraction of sp³-hybridized carbons (Fsp3) is 0.355. The number of nitrogens with zero attached hydrogens (tertiary/aromatic N) is 2. The average Bonchev–Trinajstić information content (AvgIpc) is 3.74. The van der Waals surface area contributed by atoms with Gasteiger partial charge in [0.15, 0.2) is 0 Å². The Hall–Kier alpha value is -3.80. The standard InChI is InChI=1S/C31H24N2O4/c34-28-24-16-1-2-17(10-16)25(24)29(35)32(28)20-7-5-14-9-15-6-8-21(13-23(15)22(14)12-20)33-30(36)26-18-3-4-19(11-18)27(26)31(33)37/h1-8,12-13,16-19,24-27H,9-11H2/t16-,17-,18-,19-,24-,25-,26-,27+/m0/s1. The van der Waals surface area contributed by atoms with E-state index in [1.807, 2.05) is 36.4 Å². The van der Waals surface area contributed by atoms with Crippen molar-refractivity contribution in [3.63, 3.8) is 0 Å². The Bertz CT molecular complexity index is 1390. The number of fused-ring (bicyclic) bond motifs is 13. The molecule has 0 spiro atoms. The van der Waals surface area contributed by atoms with Crippen LogP contribution in [0.25, 0.3) is 11.1 Å². The van der Waals surface area contributed by atoms with Gasteiger partial charge in [0.2, 0.25) is 23.6 Å². The van der Waals surface area contributed by atoms with E-state index in [0.717, 1.165) is 41.5 Å². The third-order valence-electron chi connectivity index (χ3n) is 10.3. The Morgan fingerprint density at radius 1 is 0.514 bits per heavy atom. The topological polar surface area (TPSA) is 74.8 Å². The second-order valence-corrected chi connectivity index (χ2v) is 11.9. The third-order valence-corrected chi connectivity index (χ3v) is 10.3. The van der Waals surface area contributed by atoms with Crippen molar-refractivity contribution in [1.82, 2.24) is 0 Å². The van der Waals surface area contributed by atoms with Crippen molar-refractivity contribution in [2.24, 2.45) is 47.3 Å². The minimum atomic E-state index is -0.230. The van der Waals surface area contributed by atoms with Gasteiger partial charge in [-0.25, -0.2) is 9.80 Å². The highest BCUT2D eigenvalue weighted by atomic mass is 16.2. The molecule has 0 aromatic heterocycles. The number of rotatable bonds is 2. The number of carbonyl (C=O) groups is 4. The monoisotopic (exact) mass is 488 g/mol. The van der Waals surface area contributed by atoms with E-state index in [2.05, 4.69) is 24.3 Å². The van der Waals surface area contributed by atoms with E-state index in [-0.39, 0.29) is 71.0 Å². The number of benzene rings is 2. The molecule has 2 aliphatic heterocycles. The van der Waals surface area contributed by atoms with Crippen LogP contribution >= 0.6 is 0 Å². The fourth-order valence-corrected chi connectivity index (χ4v) is 8.74. The molecule has 2 saturated heterocycles. The highest BCUT2D eigenvalue weighted by molar-refractivity contribution is 6.24. The van der Waals surface area contributed by atoms with Gasteiger partial charge in [-0.1, -0.05) is 36.4 Å². The van der Waals surface area contributed by atoms with Crippen LogP contribution in [0, 0.1) is 47.3 Å². The van der Waals surface area contributed by atoms with Gasteiger partial charge in [-0.05, 0) is 89.5 Å². The van der Waals surface area contributed by atoms with Crippen LogP contribution in [-0.4, -0.2) is 23.6 Å². The average molecular weight is 489 g/mol. The zero-order valence-electron chi connectivity index (χ0n) is 20.0. The number of allylic oxidation sites excluding steroid dienone is 4. The minimum absolute atomic E-state index is 0.0817. The van der Waals surface area contributed by atoms with Crippen molar-refractivity contribution in [2.75, 3.05) is 9.80 Å². The molecule has 4 bridgehead atoms. The zero-order chi connectivity index (χ0) is 24.7. The first-order chi connectivity index (χ1) is 18.0. The fourth-order valence-electron chi connectivity index (χ4n) is 8.74.